The van der Waals surface area contributed by atoms with Crippen LogP contribution in [0, 0.1) is 17.2 Å². The fourth-order valence-corrected chi connectivity index (χ4v) is 4.20. The van der Waals surface area contributed by atoms with Crippen LogP contribution in [0.1, 0.15) is 38.2 Å². The van der Waals surface area contributed by atoms with E-state index in [2.05, 4.69) is 10.6 Å². The average molecular weight is 346 g/mol. The number of nitrogens with zero attached hydrogens (tertiary/aromatic N) is 2. The lowest BCUT2D eigenvalue weighted by Crippen LogP contribution is -2.54. The van der Waals surface area contributed by atoms with Gasteiger partial charge in [-0.25, -0.2) is 4.79 Å². The zero-order valence-corrected chi connectivity index (χ0v) is 14.1. The Hall–Kier alpha value is -2.40. The summed E-state index contributed by atoms with van der Waals surface area (Å²) in [6.07, 6.45) is 3.42. The minimum absolute atomic E-state index is 0.0539. The molecule has 8 heteroatoms. The summed E-state index contributed by atoms with van der Waals surface area (Å²) in [4.78, 5) is 38.2. The number of amides is 4. The second-order valence-corrected chi connectivity index (χ2v) is 7.18. The molecule has 4 amide bonds. The molecule has 2 aliphatic rings. The first-order valence-electron chi connectivity index (χ1n) is 7.89. The molecule has 1 aromatic rings. The van der Waals surface area contributed by atoms with Gasteiger partial charge in [0.2, 0.25) is 5.91 Å². The maximum absolute atomic E-state index is 12.8. The quantitative estimate of drug-likeness (QED) is 0.818. The normalized spacial score (nSPS) is 26.3. The van der Waals surface area contributed by atoms with Crippen LogP contribution in [0.3, 0.4) is 0 Å². The maximum atomic E-state index is 12.8. The zero-order chi connectivity index (χ0) is 17.3. The van der Waals surface area contributed by atoms with E-state index in [0.29, 0.717) is 17.0 Å². The summed E-state index contributed by atoms with van der Waals surface area (Å²) in [5.74, 6) is -0.752. The summed E-state index contributed by atoms with van der Waals surface area (Å²) < 4.78 is 0. The lowest BCUT2D eigenvalue weighted by Gasteiger charge is -2.36. The monoisotopic (exact) mass is 346 g/mol. The number of imide groups is 1. The summed E-state index contributed by atoms with van der Waals surface area (Å²) in [5.41, 5.74) is -0.501. The van der Waals surface area contributed by atoms with Crippen LogP contribution in [0.2, 0.25) is 0 Å². The van der Waals surface area contributed by atoms with Crippen molar-refractivity contribution in [2.24, 2.45) is 5.92 Å². The SMILES string of the molecule is CC1CCCCC12NC(=O)N(CC(=O)Nc1sccc1C#N)C2=O. The first-order valence-corrected chi connectivity index (χ1v) is 8.77. The minimum atomic E-state index is -0.865. The Kier molecular flexibility index (Phi) is 4.28. The van der Waals surface area contributed by atoms with E-state index in [0.717, 1.165) is 24.2 Å². The molecule has 126 valence electrons. The Labute approximate surface area is 143 Å². The Morgan fingerprint density at radius 2 is 2.33 bits per heavy atom. The molecule has 7 nitrogen and oxygen atoms in total. The van der Waals surface area contributed by atoms with Crippen molar-refractivity contribution in [3.8, 4) is 6.07 Å². The van der Waals surface area contributed by atoms with E-state index in [9.17, 15) is 14.4 Å². The number of hydrogen-bond donors (Lipinski definition) is 2. The van der Waals surface area contributed by atoms with Crippen molar-refractivity contribution in [3.05, 3.63) is 17.0 Å². The molecule has 1 saturated carbocycles. The molecular weight excluding hydrogens is 328 g/mol. The minimum Gasteiger partial charge on any atom is -0.323 e. The van der Waals surface area contributed by atoms with Crippen LogP contribution in [0.5, 0.6) is 0 Å². The van der Waals surface area contributed by atoms with Gasteiger partial charge >= 0.3 is 6.03 Å². The summed E-state index contributed by atoms with van der Waals surface area (Å²) in [6, 6.07) is 3.07. The van der Waals surface area contributed by atoms with Gasteiger partial charge in [-0.2, -0.15) is 5.26 Å². The van der Waals surface area contributed by atoms with Gasteiger partial charge in [-0.1, -0.05) is 19.8 Å². The molecule has 1 aliphatic heterocycles. The zero-order valence-electron chi connectivity index (χ0n) is 13.3. The van der Waals surface area contributed by atoms with Crippen LogP contribution in [-0.2, 0) is 9.59 Å². The molecule has 0 radical (unpaired) electrons. The number of nitriles is 1. The molecule has 2 fully saturated rings. The number of carbonyl (C=O) groups excluding carboxylic acids is 3. The van der Waals surface area contributed by atoms with E-state index in [4.69, 9.17) is 5.26 Å². The van der Waals surface area contributed by atoms with E-state index in [1.165, 1.54) is 11.3 Å². The van der Waals surface area contributed by atoms with E-state index < -0.39 is 17.5 Å². The highest BCUT2D eigenvalue weighted by molar-refractivity contribution is 7.14. The highest BCUT2D eigenvalue weighted by Gasteiger charge is 2.55. The standard InChI is InChI=1S/C16H18N4O3S/c1-10-4-2-3-6-16(10)14(22)20(15(23)19-16)9-12(21)18-13-11(8-17)5-7-24-13/h5,7,10H,2-4,6,9H2,1H3,(H,18,21)(H,19,23). The maximum Gasteiger partial charge on any atom is 0.325 e. The van der Waals surface area contributed by atoms with Gasteiger partial charge in [-0.05, 0) is 30.2 Å². The highest BCUT2D eigenvalue weighted by atomic mass is 32.1. The fourth-order valence-electron chi connectivity index (χ4n) is 3.44. The second kappa shape index (κ2) is 6.24. The van der Waals surface area contributed by atoms with E-state index in [-0.39, 0.29) is 18.4 Å². The van der Waals surface area contributed by atoms with Crippen molar-refractivity contribution >= 4 is 34.2 Å². The van der Waals surface area contributed by atoms with Gasteiger partial charge in [0, 0.05) is 0 Å². The summed E-state index contributed by atoms with van der Waals surface area (Å²) in [5, 5.41) is 16.5. The van der Waals surface area contributed by atoms with Crippen molar-refractivity contribution in [2.75, 3.05) is 11.9 Å². The third-order valence-electron chi connectivity index (χ3n) is 4.84. The Morgan fingerprint density at radius 3 is 3.04 bits per heavy atom. The van der Waals surface area contributed by atoms with Crippen LogP contribution < -0.4 is 10.6 Å². The topological polar surface area (TPSA) is 102 Å². The van der Waals surface area contributed by atoms with Gasteiger partial charge in [0.1, 0.15) is 23.2 Å². The molecule has 1 saturated heterocycles. The molecule has 0 aromatic carbocycles. The summed E-state index contributed by atoms with van der Waals surface area (Å²) in [6.45, 7) is 1.62. The van der Waals surface area contributed by atoms with Gasteiger partial charge in [0.05, 0.1) is 5.56 Å². The average Bonchev–Trinajstić information content (AvgIpc) is 3.09. The van der Waals surface area contributed by atoms with Crippen molar-refractivity contribution in [1.29, 1.82) is 5.26 Å². The van der Waals surface area contributed by atoms with Crippen molar-refractivity contribution in [3.63, 3.8) is 0 Å². The molecule has 24 heavy (non-hydrogen) atoms. The molecule has 2 heterocycles. The number of rotatable bonds is 3. The Morgan fingerprint density at radius 1 is 1.54 bits per heavy atom. The largest absolute Gasteiger partial charge is 0.325 e. The van der Waals surface area contributed by atoms with E-state index >= 15 is 0 Å². The molecule has 1 aliphatic carbocycles. The van der Waals surface area contributed by atoms with E-state index in [1.54, 1.807) is 11.4 Å². The van der Waals surface area contributed by atoms with Crippen LogP contribution in [-0.4, -0.2) is 34.8 Å². The van der Waals surface area contributed by atoms with Gasteiger partial charge in [0.15, 0.2) is 0 Å². The van der Waals surface area contributed by atoms with Crippen molar-refractivity contribution in [1.82, 2.24) is 10.2 Å². The number of hydrogen-bond acceptors (Lipinski definition) is 5. The molecule has 0 bridgehead atoms. The lowest BCUT2D eigenvalue weighted by atomic mass is 9.73. The smallest absolute Gasteiger partial charge is 0.323 e. The van der Waals surface area contributed by atoms with Crippen LogP contribution in [0.25, 0.3) is 0 Å². The number of anilines is 1. The van der Waals surface area contributed by atoms with Crippen LogP contribution in [0.4, 0.5) is 9.80 Å². The number of thiophene rings is 1. The number of carbonyl (C=O) groups is 3. The van der Waals surface area contributed by atoms with Gasteiger partial charge in [0.25, 0.3) is 5.91 Å². The van der Waals surface area contributed by atoms with Crippen LogP contribution in [0.15, 0.2) is 11.4 Å². The number of urea groups is 1. The first-order chi connectivity index (χ1) is 11.5. The fraction of sp³-hybridized carbons (Fsp3) is 0.500. The molecule has 1 aromatic heterocycles. The van der Waals surface area contributed by atoms with Gasteiger partial charge in [-0.15, -0.1) is 11.3 Å². The molecule has 2 unspecified atom stereocenters. The number of nitrogens with one attached hydrogen (secondary N) is 2. The van der Waals surface area contributed by atoms with E-state index in [1.807, 2.05) is 13.0 Å². The van der Waals surface area contributed by atoms with Gasteiger partial charge in [-0.3, -0.25) is 14.5 Å². The molecule has 3 rings (SSSR count). The third kappa shape index (κ3) is 2.65. The Balaban J connectivity index is 1.71. The predicted molar refractivity (Wildman–Crippen MR) is 88.3 cm³/mol. The van der Waals surface area contributed by atoms with Crippen molar-refractivity contribution < 1.29 is 14.4 Å². The first kappa shape index (κ1) is 16.5. The molecule has 2 N–H and O–H groups in total. The molecular formula is C16H18N4O3S. The molecule has 2 atom stereocenters. The summed E-state index contributed by atoms with van der Waals surface area (Å²) in [7, 11) is 0. The lowest BCUT2D eigenvalue weighted by molar-refractivity contribution is -0.136. The predicted octanol–water partition coefficient (Wildman–Crippen LogP) is 2.06. The van der Waals surface area contributed by atoms with Gasteiger partial charge < -0.3 is 10.6 Å². The second-order valence-electron chi connectivity index (χ2n) is 6.26. The summed E-state index contributed by atoms with van der Waals surface area (Å²) >= 11 is 1.23. The third-order valence-corrected chi connectivity index (χ3v) is 5.67. The Bertz CT molecular complexity index is 738. The van der Waals surface area contributed by atoms with Crippen LogP contribution >= 0.6 is 11.3 Å². The molecule has 1 spiro atoms. The van der Waals surface area contributed by atoms with Crippen molar-refractivity contribution in [2.45, 2.75) is 38.1 Å². The highest BCUT2D eigenvalue weighted by Crippen LogP contribution is 2.38.